The maximum atomic E-state index is 9.81. The van der Waals surface area contributed by atoms with Crippen molar-refractivity contribution in [2.75, 3.05) is 11.9 Å². The second-order valence-corrected chi connectivity index (χ2v) is 4.33. The summed E-state index contributed by atoms with van der Waals surface area (Å²) in [6.07, 6.45) is 5.14. The van der Waals surface area contributed by atoms with E-state index in [1.165, 1.54) is 0 Å². The van der Waals surface area contributed by atoms with Crippen molar-refractivity contribution in [3.05, 3.63) is 29.8 Å². The molecule has 16 heavy (non-hydrogen) atoms. The van der Waals surface area contributed by atoms with Gasteiger partial charge in [0.25, 0.3) is 0 Å². The van der Waals surface area contributed by atoms with E-state index in [1.54, 1.807) is 6.07 Å². The molecule has 0 unspecified atom stereocenters. The van der Waals surface area contributed by atoms with Gasteiger partial charge in [-0.05, 0) is 18.4 Å². The highest BCUT2D eigenvalue weighted by atomic mass is 16.3. The van der Waals surface area contributed by atoms with Gasteiger partial charge in [0.05, 0.1) is 5.69 Å². The number of allylic oxidation sites excluding steroid dienone is 1. The Morgan fingerprint density at radius 2 is 2.12 bits per heavy atom. The third-order valence-electron chi connectivity index (χ3n) is 2.29. The summed E-state index contributed by atoms with van der Waals surface area (Å²) < 4.78 is 0. The molecule has 2 N–H and O–H groups in total. The lowest BCUT2D eigenvalue weighted by atomic mass is 10.1. The quantitative estimate of drug-likeness (QED) is 0.736. The van der Waals surface area contributed by atoms with Crippen LogP contribution in [0, 0.1) is 5.92 Å². The van der Waals surface area contributed by atoms with Gasteiger partial charge >= 0.3 is 0 Å². The van der Waals surface area contributed by atoms with Gasteiger partial charge in [0.15, 0.2) is 0 Å². The first-order chi connectivity index (χ1) is 7.65. The number of aromatic hydroxyl groups is 1. The minimum atomic E-state index is 0.318. The number of rotatable bonds is 5. The van der Waals surface area contributed by atoms with E-state index in [1.807, 2.05) is 18.2 Å². The maximum Gasteiger partial charge on any atom is 0.139 e. The molecule has 2 nitrogen and oxygen atoms in total. The number of benzene rings is 1. The minimum Gasteiger partial charge on any atom is -0.506 e. The van der Waals surface area contributed by atoms with E-state index >= 15 is 0 Å². The van der Waals surface area contributed by atoms with Crippen molar-refractivity contribution >= 4 is 11.8 Å². The van der Waals surface area contributed by atoms with E-state index in [9.17, 15) is 5.11 Å². The molecule has 0 fully saturated rings. The first-order valence-electron chi connectivity index (χ1n) is 5.87. The molecule has 0 aliphatic heterocycles. The topological polar surface area (TPSA) is 32.3 Å². The van der Waals surface area contributed by atoms with Crippen LogP contribution in [0.3, 0.4) is 0 Å². The predicted octanol–water partition coefficient (Wildman–Crippen LogP) is 3.88. The summed E-state index contributed by atoms with van der Waals surface area (Å²) in [6, 6.07) is 5.59. The summed E-state index contributed by atoms with van der Waals surface area (Å²) in [6.45, 7) is 7.26. The van der Waals surface area contributed by atoms with E-state index in [0.29, 0.717) is 11.7 Å². The van der Waals surface area contributed by atoms with Gasteiger partial charge in [-0.25, -0.2) is 0 Å². The third-order valence-corrected chi connectivity index (χ3v) is 2.29. The van der Waals surface area contributed by atoms with Crippen LogP contribution in [0.15, 0.2) is 24.3 Å². The van der Waals surface area contributed by atoms with Gasteiger partial charge in [0.2, 0.25) is 0 Å². The Bertz CT molecular complexity index is 356. The van der Waals surface area contributed by atoms with Crippen molar-refractivity contribution in [1.29, 1.82) is 0 Å². The fraction of sp³-hybridized carbons (Fsp3) is 0.429. The number of nitrogens with one attached hydrogen (secondary N) is 1. The van der Waals surface area contributed by atoms with Crippen molar-refractivity contribution < 1.29 is 5.11 Å². The minimum absolute atomic E-state index is 0.318. The van der Waals surface area contributed by atoms with Crippen LogP contribution in [-0.4, -0.2) is 11.7 Å². The van der Waals surface area contributed by atoms with Crippen LogP contribution < -0.4 is 5.32 Å². The normalized spacial score (nSPS) is 11.2. The van der Waals surface area contributed by atoms with Crippen LogP contribution in [0.25, 0.3) is 6.08 Å². The summed E-state index contributed by atoms with van der Waals surface area (Å²) in [7, 11) is 0. The number of phenolic OH excluding ortho intramolecular Hbond substituents is 1. The Morgan fingerprint density at radius 1 is 1.38 bits per heavy atom. The van der Waals surface area contributed by atoms with Gasteiger partial charge in [0.1, 0.15) is 5.75 Å². The van der Waals surface area contributed by atoms with Gasteiger partial charge in [0, 0.05) is 12.1 Å². The summed E-state index contributed by atoms with van der Waals surface area (Å²) >= 11 is 0. The monoisotopic (exact) mass is 219 g/mol. The smallest absolute Gasteiger partial charge is 0.139 e. The fourth-order valence-corrected chi connectivity index (χ4v) is 1.44. The van der Waals surface area contributed by atoms with E-state index < -0.39 is 0 Å². The summed E-state index contributed by atoms with van der Waals surface area (Å²) in [4.78, 5) is 0. The highest BCUT2D eigenvalue weighted by Crippen LogP contribution is 2.28. The van der Waals surface area contributed by atoms with E-state index in [4.69, 9.17) is 0 Å². The van der Waals surface area contributed by atoms with Gasteiger partial charge in [-0.1, -0.05) is 45.1 Å². The summed E-state index contributed by atoms with van der Waals surface area (Å²) in [5.74, 6) is 0.876. The van der Waals surface area contributed by atoms with Gasteiger partial charge < -0.3 is 10.4 Å². The molecular formula is C14H21NO. The molecule has 0 amide bonds. The molecule has 1 rings (SSSR count). The first kappa shape index (κ1) is 12.6. The predicted molar refractivity (Wildman–Crippen MR) is 70.8 cm³/mol. The Kier molecular flexibility index (Phi) is 4.90. The highest BCUT2D eigenvalue weighted by molar-refractivity contribution is 5.72. The number of phenols is 1. The summed E-state index contributed by atoms with van der Waals surface area (Å²) in [5, 5.41) is 13.1. The van der Waals surface area contributed by atoms with Crippen molar-refractivity contribution in [1.82, 2.24) is 0 Å². The SMILES string of the molecule is CC/C=C\c1cccc(O)c1NCC(C)C. The van der Waals surface area contributed by atoms with Crippen LogP contribution in [0.2, 0.25) is 0 Å². The van der Waals surface area contributed by atoms with Crippen LogP contribution >= 0.6 is 0 Å². The van der Waals surface area contributed by atoms with Gasteiger partial charge in [-0.2, -0.15) is 0 Å². The van der Waals surface area contributed by atoms with Gasteiger partial charge in [-0.3, -0.25) is 0 Å². The number of hydrogen-bond acceptors (Lipinski definition) is 2. The van der Waals surface area contributed by atoms with Gasteiger partial charge in [-0.15, -0.1) is 0 Å². The molecule has 88 valence electrons. The highest BCUT2D eigenvalue weighted by Gasteiger charge is 2.05. The molecule has 0 bridgehead atoms. The standard InChI is InChI=1S/C14H21NO/c1-4-5-7-12-8-6-9-13(16)14(12)15-10-11(2)3/h5-9,11,15-16H,4,10H2,1-3H3/b7-5-. The molecule has 0 spiro atoms. The Labute approximate surface area is 98.0 Å². The molecule has 0 atom stereocenters. The molecule has 1 aromatic rings. The zero-order valence-electron chi connectivity index (χ0n) is 10.3. The lowest BCUT2D eigenvalue weighted by Crippen LogP contribution is -2.08. The first-order valence-corrected chi connectivity index (χ1v) is 5.87. The van der Waals surface area contributed by atoms with Crippen LogP contribution in [0.5, 0.6) is 5.75 Å². The van der Waals surface area contributed by atoms with Crippen molar-refractivity contribution in [3.63, 3.8) is 0 Å². The maximum absolute atomic E-state index is 9.81. The molecule has 0 aliphatic rings. The Morgan fingerprint density at radius 3 is 2.75 bits per heavy atom. The van der Waals surface area contributed by atoms with E-state index in [0.717, 1.165) is 24.2 Å². The molecular weight excluding hydrogens is 198 g/mol. The van der Waals surface area contributed by atoms with Crippen molar-refractivity contribution in [2.45, 2.75) is 27.2 Å². The van der Waals surface area contributed by atoms with E-state index in [2.05, 4.69) is 32.2 Å². The average molecular weight is 219 g/mol. The zero-order chi connectivity index (χ0) is 12.0. The molecule has 0 radical (unpaired) electrons. The zero-order valence-corrected chi connectivity index (χ0v) is 10.3. The van der Waals surface area contributed by atoms with Crippen LogP contribution in [0.1, 0.15) is 32.8 Å². The molecule has 0 saturated carbocycles. The number of hydrogen-bond donors (Lipinski definition) is 2. The van der Waals surface area contributed by atoms with Crippen LogP contribution in [-0.2, 0) is 0 Å². The summed E-state index contributed by atoms with van der Waals surface area (Å²) in [5.41, 5.74) is 1.88. The second-order valence-electron chi connectivity index (χ2n) is 4.33. The molecule has 0 aromatic heterocycles. The largest absolute Gasteiger partial charge is 0.506 e. The molecule has 0 aliphatic carbocycles. The number of anilines is 1. The second kappa shape index (κ2) is 6.21. The van der Waals surface area contributed by atoms with Crippen molar-refractivity contribution in [3.8, 4) is 5.75 Å². The Balaban J connectivity index is 2.89. The fourth-order valence-electron chi connectivity index (χ4n) is 1.44. The lowest BCUT2D eigenvalue weighted by molar-refractivity contribution is 0.476. The molecule has 0 heterocycles. The van der Waals surface area contributed by atoms with Crippen LogP contribution in [0.4, 0.5) is 5.69 Å². The number of para-hydroxylation sites is 1. The lowest BCUT2D eigenvalue weighted by Gasteiger charge is -2.13. The third kappa shape index (κ3) is 3.61. The molecule has 1 aromatic carbocycles. The molecule has 2 heteroatoms. The molecule has 0 saturated heterocycles. The Hall–Kier alpha value is -1.44. The average Bonchev–Trinajstić information content (AvgIpc) is 2.24. The van der Waals surface area contributed by atoms with E-state index in [-0.39, 0.29) is 0 Å². The van der Waals surface area contributed by atoms with Crippen molar-refractivity contribution in [2.24, 2.45) is 5.92 Å².